The molecule has 2 saturated heterocycles. The zero-order valence-electron chi connectivity index (χ0n) is 13.8. The molecule has 0 unspecified atom stereocenters. The summed E-state index contributed by atoms with van der Waals surface area (Å²) < 4.78 is 1.71. The van der Waals surface area contributed by atoms with Crippen LogP contribution >= 0.6 is 0 Å². The molecule has 3 heterocycles. The fraction of sp³-hybridized carbons (Fsp3) is 0.688. The molecule has 3 rings (SSSR count). The van der Waals surface area contributed by atoms with Crippen LogP contribution in [0.25, 0.3) is 0 Å². The van der Waals surface area contributed by atoms with Gasteiger partial charge < -0.3 is 4.90 Å². The highest BCUT2D eigenvalue weighted by atomic mass is 16.7. The van der Waals surface area contributed by atoms with E-state index in [0.29, 0.717) is 32.5 Å². The summed E-state index contributed by atoms with van der Waals surface area (Å²) in [6.45, 7) is 3.76. The molecule has 2 fully saturated rings. The Labute approximate surface area is 136 Å². The molecule has 126 valence electrons. The SMILES string of the molecule is CCN1C(=O)CC[C@@H](C(=O)N2CCCCO2)[C@@H]1c1cnn(C)c1. The zero-order valence-corrected chi connectivity index (χ0v) is 13.8. The molecule has 0 saturated carbocycles. The van der Waals surface area contributed by atoms with Gasteiger partial charge in [-0.05, 0) is 26.2 Å². The summed E-state index contributed by atoms with van der Waals surface area (Å²) in [6.07, 6.45) is 6.57. The predicted octanol–water partition coefficient (Wildman–Crippen LogP) is 1.27. The minimum atomic E-state index is -0.269. The van der Waals surface area contributed by atoms with E-state index in [1.54, 1.807) is 15.8 Å². The summed E-state index contributed by atoms with van der Waals surface area (Å²) in [6, 6.07) is -0.257. The molecule has 1 aromatic heterocycles. The van der Waals surface area contributed by atoms with Gasteiger partial charge in [0.05, 0.1) is 24.8 Å². The number of likely N-dealkylation sites (tertiary alicyclic amines) is 1. The maximum atomic E-state index is 12.9. The first-order valence-corrected chi connectivity index (χ1v) is 8.34. The van der Waals surface area contributed by atoms with Gasteiger partial charge in [-0.25, -0.2) is 5.06 Å². The Hall–Kier alpha value is -1.89. The Balaban J connectivity index is 1.89. The maximum absolute atomic E-state index is 12.9. The number of hydrogen-bond acceptors (Lipinski definition) is 4. The first-order valence-electron chi connectivity index (χ1n) is 8.34. The molecule has 0 radical (unpaired) electrons. The molecule has 0 N–H and O–H groups in total. The zero-order chi connectivity index (χ0) is 16.4. The third kappa shape index (κ3) is 3.10. The van der Waals surface area contributed by atoms with Crippen molar-refractivity contribution in [1.29, 1.82) is 0 Å². The number of carbonyl (C=O) groups is 2. The second-order valence-electron chi connectivity index (χ2n) is 6.20. The van der Waals surface area contributed by atoms with Gasteiger partial charge in [0.25, 0.3) is 5.91 Å². The number of amides is 2. The third-order valence-electron chi connectivity index (χ3n) is 4.68. The topological polar surface area (TPSA) is 67.7 Å². The van der Waals surface area contributed by atoms with Crippen molar-refractivity contribution in [2.24, 2.45) is 13.0 Å². The second-order valence-corrected chi connectivity index (χ2v) is 6.20. The van der Waals surface area contributed by atoms with Crippen LogP contribution in [0.2, 0.25) is 0 Å². The van der Waals surface area contributed by atoms with Crippen molar-refractivity contribution in [3.8, 4) is 0 Å². The fourth-order valence-electron chi connectivity index (χ4n) is 3.55. The van der Waals surface area contributed by atoms with Crippen LogP contribution in [0.1, 0.15) is 44.2 Å². The highest BCUT2D eigenvalue weighted by molar-refractivity contribution is 5.84. The van der Waals surface area contributed by atoms with Gasteiger partial charge in [0.1, 0.15) is 0 Å². The Bertz CT molecular complexity index is 580. The van der Waals surface area contributed by atoms with Crippen molar-refractivity contribution in [1.82, 2.24) is 19.7 Å². The van der Waals surface area contributed by atoms with Gasteiger partial charge in [-0.3, -0.25) is 19.1 Å². The van der Waals surface area contributed by atoms with E-state index >= 15 is 0 Å². The van der Waals surface area contributed by atoms with E-state index in [0.717, 1.165) is 18.4 Å². The van der Waals surface area contributed by atoms with Crippen LogP contribution in [0.5, 0.6) is 0 Å². The average molecular weight is 320 g/mol. The molecule has 0 bridgehead atoms. The summed E-state index contributed by atoms with van der Waals surface area (Å²) in [5.41, 5.74) is 0.915. The first-order chi connectivity index (χ1) is 11.1. The van der Waals surface area contributed by atoms with Gasteiger partial charge in [0.2, 0.25) is 5.91 Å². The minimum absolute atomic E-state index is 0.00972. The van der Waals surface area contributed by atoms with Crippen LogP contribution < -0.4 is 0 Å². The van der Waals surface area contributed by atoms with Gasteiger partial charge in [-0.1, -0.05) is 0 Å². The molecule has 2 aliphatic heterocycles. The highest BCUT2D eigenvalue weighted by Gasteiger charge is 2.42. The maximum Gasteiger partial charge on any atom is 0.251 e. The van der Waals surface area contributed by atoms with Crippen LogP contribution in [0, 0.1) is 5.92 Å². The summed E-state index contributed by atoms with van der Waals surface area (Å²) >= 11 is 0. The van der Waals surface area contributed by atoms with E-state index in [4.69, 9.17) is 4.84 Å². The van der Waals surface area contributed by atoms with Crippen molar-refractivity contribution in [3.05, 3.63) is 18.0 Å². The number of hydroxylamine groups is 2. The molecule has 2 atom stereocenters. The summed E-state index contributed by atoms with van der Waals surface area (Å²) in [7, 11) is 1.84. The third-order valence-corrected chi connectivity index (χ3v) is 4.68. The molecule has 0 aliphatic carbocycles. The molecule has 7 heteroatoms. The van der Waals surface area contributed by atoms with E-state index in [9.17, 15) is 9.59 Å². The molecule has 2 aliphatic rings. The monoisotopic (exact) mass is 320 g/mol. The van der Waals surface area contributed by atoms with Gasteiger partial charge in [-0.2, -0.15) is 5.10 Å². The summed E-state index contributed by atoms with van der Waals surface area (Å²) in [5.74, 6) is -0.176. The van der Waals surface area contributed by atoms with Crippen LogP contribution in [0.3, 0.4) is 0 Å². The molecular formula is C16H24N4O3. The molecule has 7 nitrogen and oxygen atoms in total. The van der Waals surface area contributed by atoms with E-state index < -0.39 is 0 Å². The van der Waals surface area contributed by atoms with E-state index in [1.165, 1.54) is 5.06 Å². The first kappa shape index (κ1) is 16.0. The lowest BCUT2D eigenvalue weighted by molar-refractivity contribution is -0.204. The molecular weight excluding hydrogens is 296 g/mol. The van der Waals surface area contributed by atoms with Gasteiger partial charge in [0, 0.05) is 38.3 Å². The largest absolute Gasteiger partial charge is 0.335 e. The van der Waals surface area contributed by atoms with Gasteiger partial charge >= 0.3 is 0 Å². The molecule has 0 spiro atoms. The Morgan fingerprint density at radius 3 is 2.87 bits per heavy atom. The normalized spacial score (nSPS) is 25.7. The van der Waals surface area contributed by atoms with Crippen LogP contribution in [-0.4, -0.2) is 51.3 Å². The molecule has 0 aromatic carbocycles. The van der Waals surface area contributed by atoms with Crippen molar-refractivity contribution >= 4 is 11.8 Å². The van der Waals surface area contributed by atoms with Crippen LogP contribution in [0.4, 0.5) is 0 Å². The highest BCUT2D eigenvalue weighted by Crippen LogP contribution is 2.37. The van der Waals surface area contributed by atoms with Crippen molar-refractivity contribution in [2.75, 3.05) is 19.7 Å². The number of carbonyl (C=O) groups excluding carboxylic acids is 2. The van der Waals surface area contributed by atoms with Crippen molar-refractivity contribution < 1.29 is 14.4 Å². The number of hydrogen-bond donors (Lipinski definition) is 0. The number of nitrogens with zero attached hydrogens (tertiary/aromatic N) is 4. The van der Waals surface area contributed by atoms with Crippen molar-refractivity contribution in [3.63, 3.8) is 0 Å². The Morgan fingerprint density at radius 1 is 1.43 bits per heavy atom. The van der Waals surface area contributed by atoms with Crippen molar-refractivity contribution in [2.45, 2.75) is 38.6 Å². The number of aromatic nitrogens is 2. The number of rotatable bonds is 3. The summed E-state index contributed by atoms with van der Waals surface area (Å²) in [5, 5.41) is 5.72. The van der Waals surface area contributed by atoms with Crippen LogP contribution in [-0.2, 0) is 21.5 Å². The van der Waals surface area contributed by atoms with Gasteiger partial charge in [-0.15, -0.1) is 0 Å². The molecule has 2 amide bonds. The lowest BCUT2D eigenvalue weighted by atomic mass is 9.84. The van der Waals surface area contributed by atoms with E-state index in [2.05, 4.69) is 5.10 Å². The Kier molecular flexibility index (Phi) is 4.66. The smallest absolute Gasteiger partial charge is 0.251 e. The average Bonchev–Trinajstić information content (AvgIpc) is 3.00. The number of piperidine rings is 1. The summed E-state index contributed by atoms with van der Waals surface area (Å²) in [4.78, 5) is 32.6. The minimum Gasteiger partial charge on any atom is -0.335 e. The lowest BCUT2D eigenvalue weighted by Crippen LogP contribution is -2.49. The van der Waals surface area contributed by atoms with Crippen LogP contribution in [0.15, 0.2) is 12.4 Å². The standard InChI is InChI=1S/C16H24N4O3/c1-3-19-14(21)7-6-13(15(19)12-10-17-18(2)11-12)16(22)20-8-4-5-9-23-20/h10-11,13,15H,3-9H2,1-2H3/t13-,15+/m1/s1. The second kappa shape index (κ2) is 6.70. The molecule has 23 heavy (non-hydrogen) atoms. The van der Waals surface area contributed by atoms with E-state index in [1.807, 2.05) is 20.2 Å². The van der Waals surface area contributed by atoms with E-state index in [-0.39, 0.29) is 23.8 Å². The quantitative estimate of drug-likeness (QED) is 0.841. The number of aryl methyl sites for hydroxylation is 1. The predicted molar refractivity (Wildman–Crippen MR) is 83.0 cm³/mol. The Morgan fingerprint density at radius 2 is 2.26 bits per heavy atom. The van der Waals surface area contributed by atoms with Gasteiger partial charge in [0.15, 0.2) is 0 Å². The fourth-order valence-corrected chi connectivity index (χ4v) is 3.55. The molecule has 1 aromatic rings. The lowest BCUT2D eigenvalue weighted by Gasteiger charge is -2.41.